The topological polar surface area (TPSA) is 0 Å². The van der Waals surface area contributed by atoms with Crippen molar-refractivity contribution in [1.82, 2.24) is 0 Å². The summed E-state index contributed by atoms with van der Waals surface area (Å²) in [7, 11) is 0. The smallest absolute Gasteiger partial charge is 0 e. The van der Waals surface area contributed by atoms with Crippen molar-refractivity contribution in [2.45, 2.75) is 32.1 Å². The second kappa shape index (κ2) is 7.46. The van der Waals surface area contributed by atoms with Gasteiger partial charge in [0.15, 0.2) is 0 Å². The van der Waals surface area contributed by atoms with Gasteiger partial charge in [-0.05, 0) is 18.8 Å². The summed E-state index contributed by atoms with van der Waals surface area (Å²) < 4.78 is 0. The Labute approximate surface area is 93.1 Å². The van der Waals surface area contributed by atoms with Gasteiger partial charge in [0, 0.05) is 21.7 Å². The van der Waals surface area contributed by atoms with E-state index in [9.17, 15) is 0 Å². The van der Waals surface area contributed by atoms with Crippen molar-refractivity contribution in [3.8, 4) is 0 Å². The molecule has 0 atom stereocenters. The molecule has 0 aromatic heterocycles. The zero-order chi connectivity index (χ0) is 6.81. The average molecular weight is 221 g/mol. The predicted molar refractivity (Wildman–Crippen MR) is 47.5 cm³/mol. The Hall–Kier alpha value is 0.0543. The fraction of sp³-hybridized carbons (Fsp3) is 0.600. The van der Waals surface area contributed by atoms with E-state index in [0.29, 0.717) is 0 Å². The van der Waals surface area contributed by atoms with E-state index in [4.69, 9.17) is 0 Å². The van der Waals surface area contributed by atoms with E-state index in [1.807, 2.05) is 0 Å². The molecule has 0 aromatic carbocycles. The molecule has 2 rings (SSSR count). The quantitative estimate of drug-likeness (QED) is 0.471. The Morgan fingerprint density at radius 1 is 1.15 bits per heavy atom. The summed E-state index contributed by atoms with van der Waals surface area (Å²) in [6, 6.07) is 0. The molecule has 0 aromatic rings. The molecule has 0 heterocycles. The summed E-state index contributed by atoms with van der Waals surface area (Å²) in [4.78, 5) is 0. The number of hydrogen-bond donors (Lipinski definition) is 0. The number of rotatable bonds is 1. The third-order valence-electron chi connectivity index (χ3n) is 2.52. The van der Waals surface area contributed by atoms with Crippen LogP contribution in [0.2, 0.25) is 0 Å². The summed E-state index contributed by atoms with van der Waals surface area (Å²) in [6.45, 7) is 0. The van der Waals surface area contributed by atoms with Crippen molar-refractivity contribution < 1.29 is 31.1 Å². The molecule has 1 saturated carbocycles. The van der Waals surface area contributed by atoms with Crippen molar-refractivity contribution in [2.75, 3.05) is 0 Å². The first kappa shape index (κ1) is 15.5. The molecule has 0 N–H and O–H groups in total. The maximum atomic E-state index is 3.40. The minimum atomic E-state index is 0. The molecule has 74 valence electrons. The molecule has 0 radical (unpaired) electrons. The van der Waals surface area contributed by atoms with E-state index in [-0.39, 0.29) is 31.1 Å². The number of allylic oxidation sites excluding steroid dienone is 4. The molecule has 3 heteroatoms. The van der Waals surface area contributed by atoms with Gasteiger partial charge in [0.05, 0.1) is 0 Å². The van der Waals surface area contributed by atoms with Gasteiger partial charge in [-0.2, -0.15) is 6.08 Å². The fourth-order valence-corrected chi connectivity index (χ4v) is 1.94. The largest absolute Gasteiger partial charge is 0.269 e. The van der Waals surface area contributed by atoms with Crippen molar-refractivity contribution >= 4 is 0 Å². The van der Waals surface area contributed by atoms with Gasteiger partial charge in [-0.3, -0.25) is 15.5 Å². The maximum absolute atomic E-state index is 3.40. The molecule has 0 nitrogen and oxygen atoms in total. The Morgan fingerprint density at radius 3 is 2.23 bits per heavy atom. The van der Waals surface area contributed by atoms with E-state index in [0.717, 1.165) is 12.3 Å². The molecule has 0 saturated heterocycles. The molecule has 0 bridgehead atoms. The van der Waals surface area contributed by atoms with E-state index in [1.165, 1.54) is 31.3 Å². The van der Waals surface area contributed by atoms with Crippen molar-refractivity contribution in [2.24, 2.45) is 5.92 Å². The molecule has 2 aliphatic rings. The van der Waals surface area contributed by atoms with E-state index in [2.05, 4.69) is 18.2 Å². The predicted octanol–water partition coefficient (Wildman–Crippen LogP) is 3.17. The molecule has 13 heavy (non-hydrogen) atoms. The first-order valence-electron chi connectivity index (χ1n) is 4.24. The molecule has 2 aliphatic carbocycles. The average Bonchev–Trinajstić information content (AvgIpc) is 2.59. The van der Waals surface area contributed by atoms with Crippen LogP contribution in [0.15, 0.2) is 17.7 Å². The Balaban J connectivity index is 0. The van der Waals surface area contributed by atoms with E-state index >= 15 is 0 Å². The van der Waals surface area contributed by atoms with Crippen LogP contribution in [0, 0.1) is 12.0 Å². The minimum Gasteiger partial charge on any atom is -0.269 e. The number of hydrogen-bond acceptors (Lipinski definition) is 0. The summed E-state index contributed by atoms with van der Waals surface area (Å²) >= 11 is 0. The first-order chi connectivity index (χ1) is 4.97. The summed E-state index contributed by atoms with van der Waals surface area (Å²) in [5.74, 6) is 0.874. The standard InChI is InChI=1S/C10H13.2FH.Ti/c1-2-6-9(5-1)10-7-3-4-8-10;;;/h1,5,10H,2-4,7-8H2;2*1H;/q-1;;;. The van der Waals surface area contributed by atoms with Crippen LogP contribution in [0.25, 0.3) is 0 Å². The maximum Gasteiger partial charge on any atom is 0 e. The van der Waals surface area contributed by atoms with Crippen LogP contribution in [-0.2, 0) is 21.7 Å². The van der Waals surface area contributed by atoms with Crippen LogP contribution in [0.3, 0.4) is 0 Å². The zero-order valence-corrected chi connectivity index (χ0v) is 9.15. The van der Waals surface area contributed by atoms with Gasteiger partial charge in [-0.15, -0.1) is 6.42 Å². The summed E-state index contributed by atoms with van der Waals surface area (Å²) in [6.07, 6.45) is 14.6. The SMILES string of the molecule is F.F.[C-]1=C(C2CCCC2)C=CC1.[Ti]. The van der Waals surface area contributed by atoms with Gasteiger partial charge < -0.3 is 0 Å². The normalized spacial score (nSPS) is 19.8. The van der Waals surface area contributed by atoms with Crippen LogP contribution in [0.1, 0.15) is 32.1 Å². The van der Waals surface area contributed by atoms with Gasteiger partial charge in [0.1, 0.15) is 0 Å². The molecular formula is C10H15F2Ti-. The van der Waals surface area contributed by atoms with Crippen LogP contribution < -0.4 is 0 Å². The van der Waals surface area contributed by atoms with Gasteiger partial charge in [0.2, 0.25) is 0 Å². The van der Waals surface area contributed by atoms with Gasteiger partial charge in [-0.1, -0.05) is 12.8 Å². The molecular weight excluding hydrogens is 206 g/mol. The van der Waals surface area contributed by atoms with Crippen LogP contribution >= 0.6 is 0 Å². The van der Waals surface area contributed by atoms with Crippen LogP contribution in [0.5, 0.6) is 0 Å². The Morgan fingerprint density at radius 2 is 1.77 bits per heavy atom. The van der Waals surface area contributed by atoms with Crippen molar-refractivity contribution in [1.29, 1.82) is 0 Å². The zero-order valence-electron chi connectivity index (χ0n) is 7.58. The second-order valence-electron chi connectivity index (χ2n) is 3.22. The number of halogens is 2. The second-order valence-corrected chi connectivity index (χ2v) is 3.22. The Kier molecular flexibility index (Phi) is 8.90. The molecule has 0 spiro atoms. The van der Waals surface area contributed by atoms with Crippen LogP contribution in [0.4, 0.5) is 9.41 Å². The summed E-state index contributed by atoms with van der Waals surface area (Å²) in [5, 5.41) is 0. The third-order valence-corrected chi connectivity index (χ3v) is 2.52. The molecule has 0 aliphatic heterocycles. The molecule has 1 fully saturated rings. The van der Waals surface area contributed by atoms with Crippen LogP contribution in [-0.4, -0.2) is 0 Å². The fourth-order valence-electron chi connectivity index (χ4n) is 1.94. The van der Waals surface area contributed by atoms with E-state index < -0.39 is 0 Å². The van der Waals surface area contributed by atoms with Gasteiger partial charge in [0.25, 0.3) is 0 Å². The van der Waals surface area contributed by atoms with Gasteiger partial charge >= 0.3 is 0 Å². The van der Waals surface area contributed by atoms with Crippen molar-refractivity contribution in [3.63, 3.8) is 0 Å². The summed E-state index contributed by atoms with van der Waals surface area (Å²) in [5.41, 5.74) is 1.50. The third kappa shape index (κ3) is 3.74. The minimum absolute atomic E-state index is 0. The molecule has 0 amide bonds. The van der Waals surface area contributed by atoms with Gasteiger partial charge in [-0.25, -0.2) is 11.6 Å². The van der Waals surface area contributed by atoms with Crippen molar-refractivity contribution in [3.05, 3.63) is 23.8 Å². The Bertz CT molecular complexity index is 181. The monoisotopic (exact) mass is 221 g/mol. The first-order valence-corrected chi connectivity index (χ1v) is 4.24. The molecule has 0 unspecified atom stereocenters. The van der Waals surface area contributed by atoms with E-state index in [1.54, 1.807) is 0 Å².